The Morgan fingerprint density at radius 2 is 1.63 bits per heavy atom. The number of ether oxygens (including phenoxy) is 5. The number of benzene rings is 2. The molecule has 1 aromatic heterocycles. The lowest BCUT2D eigenvalue weighted by molar-refractivity contribution is -0.140. The van der Waals surface area contributed by atoms with Gasteiger partial charge in [0.1, 0.15) is 23.9 Å². The monoisotopic (exact) mass is 559 g/mol. The molecule has 1 aliphatic heterocycles. The lowest BCUT2D eigenvalue weighted by atomic mass is 9.72. The third-order valence-electron chi connectivity index (χ3n) is 7.57. The van der Waals surface area contributed by atoms with Gasteiger partial charge in [0.2, 0.25) is 0 Å². The number of furan rings is 1. The minimum atomic E-state index is -0.755. The molecule has 1 aliphatic carbocycles. The van der Waals surface area contributed by atoms with Gasteiger partial charge in [-0.15, -0.1) is 0 Å². The maximum atomic E-state index is 13.9. The Balaban J connectivity index is 1.58. The van der Waals surface area contributed by atoms with Gasteiger partial charge in [-0.1, -0.05) is 12.1 Å². The summed E-state index contributed by atoms with van der Waals surface area (Å²) in [6.07, 6.45) is 2.40. The Labute approximate surface area is 238 Å². The Morgan fingerprint density at radius 3 is 2.27 bits per heavy atom. The number of ketones is 1. The number of rotatable bonds is 9. The number of carbonyl (C=O) groups is 2. The number of hydrogen-bond acceptors (Lipinski definition) is 9. The number of Topliss-reactive ketones (excluding diaryl/α,β-unsaturated/α-hetero) is 1. The Bertz CT molecular complexity index is 1500. The lowest BCUT2D eigenvalue weighted by Gasteiger charge is -2.36. The summed E-state index contributed by atoms with van der Waals surface area (Å²) < 4.78 is 33.5. The van der Waals surface area contributed by atoms with Gasteiger partial charge in [0.15, 0.2) is 17.3 Å². The first-order valence-corrected chi connectivity index (χ1v) is 13.3. The van der Waals surface area contributed by atoms with E-state index in [1.165, 1.54) is 21.3 Å². The molecule has 2 aliphatic rings. The summed E-state index contributed by atoms with van der Waals surface area (Å²) in [5.41, 5.74) is 3.57. The second-order valence-electron chi connectivity index (χ2n) is 9.91. The predicted molar refractivity (Wildman–Crippen MR) is 150 cm³/mol. The van der Waals surface area contributed by atoms with Gasteiger partial charge in [-0.05, 0) is 49.2 Å². The molecule has 2 heterocycles. The molecule has 3 aromatic rings. The minimum Gasteiger partial charge on any atom is -0.497 e. The predicted octanol–water partition coefficient (Wildman–Crippen LogP) is 5.42. The van der Waals surface area contributed by atoms with Crippen LogP contribution in [0.1, 0.15) is 48.5 Å². The molecule has 0 radical (unpaired) electrons. The van der Waals surface area contributed by atoms with Gasteiger partial charge in [0, 0.05) is 40.9 Å². The van der Waals surface area contributed by atoms with Crippen LogP contribution in [0.4, 0.5) is 0 Å². The molecule has 214 valence electrons. The average Bonchev–Trinajstić information content (AvgIpc) is 3.54. The second-order valence-corrected chi connectivity index (χ2v) is 9.91. The quantitative estimate of drug-likeness (QED) is 0.344. The van der Waals surface area contributed by atoms with Crippen molar-refractivity contribution in [3.05, 3.63) is 94.2 Å². The van der Waals surface area contributed by atoms with Crippen LogP contribution >= 0.6 is 0 Å². The SMILES string of the molecule is COc1ccc(COC(=O)C2=C(C)NC3=C(C(=O)C[C@H](c4ccco4)C3)[C@@H]2c2cc(OC)c(OC)cc2OC)cc1. The zero-order chi connectivity index (χ0) is 29.1. The van der Waals surface area contributed by atoms with Crippen LogP contribution in [-0.4, -0.2) is 40.2 Å². The minimum absolute atomic E-state index is 0.0514. The van der Waals surface area contributed by atoms with E-state index in [4.69, 9.17) is 28.1 Å². The number of nitrogens with one attached hydrogen (secondary N) is 1. The highest BCUT2D eigenvalue weighted by molar-refractivity contribution is 6.04. The van der Waals surface area contributed by atoms with Crippen molar-refractivity contribution >= 4 is 11.8 Å². The largest absolute Gasteiger partial charge is 0.497 e. The van der Waals surface area contributed by atoms with E-state index >= 15 is 0 Å². The first-order valence-electron chi connectivity index (χ1n) is 13.3. The smallest absolute Gasteiger partial charge is 0.337 e. The summed E-state index contributed by atoms with van der Waals surface area (Å²) in [5.74, 6) is 1.32. The normalized spacial score (nSPS) is 18.4. The standard InChI is InChI=1S/C32H33NO8/c1-18-29(32(35)41-17-19-8-10-21(36-2)11-9-19)30(22-15-27(38-4)28(39-5)16-26(22)37-3)31-23(33-18)13-20(14-24(31)34)25-7-6-12-40-25/h6-12,15-16,20,30,33H,13-14,17H2,1-5H3/t20-,30-/m1/s1. The van der Waals surface area contributed by atoms with Gasteiger partial charge in [0.05, 0.1) is 46.2 Å². The van der Waals surface area contributed by atoms with Crippen LogP contribution in [0.3, 0.4) is 0 Å². The highest BCUT2D eigenvalue weighted by Crippen LogP contribution is 2.50. The fraction of sp³-hybridized carbons (Fsp3) is 0.312. The molecular formula is C32H33NO8. The average molecular weight is 560 g/mol. The van der Waals surface area contributed by atoms with E-state index in [-0.39, 0.29) is 24.7 Å². The highest BCUT2D eigenvalue weighted by atomic mass is 16.5. The molecule has 0 unspecified atom stereocenters. The molecule has 5 rings (SSSR count). The third kappa shape index (κ3) is 5.39. The van der Waals surface area contributed by atoms with Gasteiger partial charge in [0.25, 0.3) is 0 Å². The molecule has 1 N–H and O–H groups in total. The van der Waals surface area contributed by atoms with Crippen LogP contribution in [0, 0.1) is 0 Å². The molecule has 0 amide bonds. The molecule has 0 bridgehead atoms. The summed E-state index contributed by atoms with van der Waals surface area (Å²) in [6, 6.07) is 14.4. The Morgan fingerprint density at radius 1 is 0.927 bits per heavy atom. The van der Waals surface area contributed by atoms with Crippen molar-refractivity contribution < 1.29 is 37.7 Å². The van der Waals surface area contributed by atoms with Gasteiger partial charge in [-0.2, -0.15) is 0 Å². The van der Waals surface area contributed by atoms with Crippen molar-refractivity contribution in [1.82, 2.24) is 5.32 Å². The van der Waals surface area contributed by atoms with E-state index in [9.17, 15) is 9.59 Å². The van der Waals surface area contributed by atoms with Crippen molar-refractivity contribution in [3.8, 4) is 23.0 Å². The summed E-state index contributed by atoms with van der Waals surface area (Å²) in [7, 11) is 6.20. The summed E-state index contributed by atoms with van der Waals surface area (Å²) >= 11 is 0. The number of allylic oxidation sites excluding steroid dienone is 3. The molecule has 2 atom stereocenters. The fourth-order valence-corrected chi connectivity index (χ4v) is 5.57. The maximum absolute atomic E-state index is 13.9. The maximum Gasteiger partial charge on any atom is 0.337 e. The number of methoxy groups -OCH3 is 4. The molecule has 0 spiro atoms. The van der Waals surface area contributed by atoms with Crippen molar-refractivity contribution in [1.29, 1.82) is 0 Å². The van der Waals surface area contributed by atoms with Crippen molar-refractivity contribution in [2.75, 3.05) is 28.4 Å². The van der Waals surface area contributed by atoms with Crippen molar-refractivity contribution in [2.45, 2.75) is 38.2 Å². The van der Waals surface area contributed by atoms with Crippen LogP contribution in [-0.2, 0) is 20.9 Å². The van der Waals surface area contributed by atoms with Gasteiger partial charge < -0.3 is 33.4 Å². The fourth-order valence-electron chi connectivity index (χ4n) is 5.57. The topological polar surface area (TPSA) is 105 Å². The van der Waals surface area contributed by atoms with E-state index in [0.29, 0.717) is 51.8 Å². The zero-order valence-corrected chi connectivity index (χ0v) is 23.7. The Kier molecular flexibility index (Phi) is 8.05. The second kappa shape index (κ2) is 11.8. The van der Waals surface area contributed by atoms with Gasteiger partial charge in [-0.25, -0.2) is 4.79 Å². The summed E-state index contributed by atoms with van der Waals surface area (Å²) in [5, 5.41) is 3.36. The molecule has 0 saturated carbocycles. The van der Waals surface area contributed by atoms with E-state index in [2.05, 4.69) is 5.32 Å². The number of carbonyl (C=O) groups excluding carboxylic acids is 2. The Hall–Kier alpha value is -4.66. The van der Waals surface area contributed by atoms with Crippen LogP contribution in [0.5, 0.6) is 23.0 Å². The molecule has 9 heteroatoms. The molecule has 9 nitrogen and oxygen atoms in total. The zero-order valence-electron chi connectivity index (χ0n) is 23.7. The van der Waals surface area contributed by atoms with E-state index in [1.54, 1.807) is 37.6 Å². The van der Waals surface area contributed by atoms with Crippen molar-refractivity contribution in [3.63, 3.8) is 0 Å². The number of hydrogen-bond donors (Lipinski definition) is 1. The molecular weight excluding hydrogens is 526 g/mol. The van der Waals surface area contributed by atoms with Crippen molar-refractivity contribution in [2.24, 2.45) is 0 Å². The van der Waals surface area contributed by atoms with Crippen LogP contribution < -0.4 is 24.3 Å². The van der Waals surface area contributed by atoms with Gasteiger partial charge >= 0.3 is 5.97 Å². The number of dihydropyridines is 1. The van der Waals surface area contributed by atoms with Crippen LogP contribution in [0.2, 0.25) is 0 Å². The lowest BCUT2D eigenvalue weighted by Crippen LogP contribution is -2.36. The van der Waals surface area contributed by atoms with E-state index in [0.717, 1.165) is 17.0 Å². The molecule has 2 aromatic carbocycles. The molecule has 41 heavy (non-hydrogen) atoms. The first kappa shape index (κ1) is 27.9. The van der Waals surface area contributed by atoms with Crippen LogP contribution in [0.15, 0.2) is 81.8 Å². The first-order chi connectivity index (χ1) is 19.9. The third-order valence-corrected chi connectivity index (χ3v) is 7.57. The van der Waals surface area contributed by atoms with E-state index in [1.807, 2.05) is 31.2 Å². The van der Waals surface area contributed by atoms with E-state index < -0.39 is 11.9 Å². The molecule has 0 fully saturated rings. The number of esters is 1. The molecule has 0 saturated heterocycles. The highest BCUT2D eigenvalue weighted by Gasteiger charge is 2.43. The van der Waals surface area contributed by atoms with Gasteiger partial charge in [-0.3, -0.25) is 4.79 Å². The summed E-state index contributed by atoms with van der Waals surface area (Å²) in [4.78, 5) is 27.7. The van der Waals surface area contributed by atoms with Crippen LogP contribution in [0.25, 0.3) is 0 Å². The summed E-state index contributed by atoms with van der Waals surface area (Å²) in [6.45, 7) is 1.87.